The number of halogens is 1. The lowest BCUT2D eigenvalue weighted by atomic mass is 10.2. The first-order valence-corrected chi connectivity index (χ1v) is 12.3. The fourth-order valence-corrected chi connectivity index (χ4v) is 4.51. The number of nitrogens with zero attached hydrogens (tertiary/aromatic N) is 3. The van der Waals surface area contributed by atoms with Crippen LogP contribution in [0.5, 0.6) is 17.2 Å². The predicted octanol–water partition coefficient (Wildman–Crippen LogP) is 5.01. The van der Waals surface area contributed by atoms with Crippen LogP contribution < -0.4 is 19.6 Å². The fourth-order valence-electron chi connectivity index (χ4n) is 3.58. The molecule has 0 spiro atoms. The van der Waals surface area contributed by atoms with Crippen LogP contribution in [0.4, 0.5) is 0 Å². The number of aromatic nitrogens is 2. The van der Waals surface area contributed by atoms with E-state index in [0.717, 1.165) is 21.8 Å². The third-order valence-corrected chi connectivity index (χ3v) is 6.57. The first-order valence-electron chi connectivity index (χ1n) is 11.0. The number of methoxy groups -OCH3 is 3. The van der Waals surface area contributed by atoms with E-state index in [1.807, 2.05) is 48.5 Å². The van der Waals surface area contributed by atoms with Crippen LogP contribution in [0.3, 0.4) is 0 Å². The number of imidazole rings is 1. The third kappa shape index (κ3) is 5.92. The minimum absolute atomic E-state index is 0.137. The molecule has 0 aliphatic heterocycles. The van der Waals surface area contributed by atoms with Crippen molar-refractivity contribution in [3.8, 4) is 17.2 Å². The molecular formula is C26H25ClN4O4S. The zero-order valence-corrected chi connectivity index (χ0v) is 21.6. The van der Waals surface area contributed by atoms with Crippen LogP contribution in [-0.2, 0) is 11.3 Å². The number of carbonyl (C=O) groups is 1. The zero-order valence-electron chi connectivity index (χ0n) is 20.0. The number of carbonyl (C=O) groups excluding carboxylic acids is 1. The van der Waals surface area contributed by atoms with Crippen LogP contribution in [-0.4, -0.2) is 48.8 Å². The lowest BCUT2D eigenvalue weighted by Gasteiger charge is -2.12. The molecule has 1 N–H and O–H groups in total. The Morgan fingerprint density at radius 2 is 1.75 bits per heavy atom. The van der Waals surface area contributed by atoms with Gasteiger partial charge in [-0.05, 0) is 29.8 Å². The lowest BCUT2D eigenvalue weighted by molar-refractivity contribution is -0.118. The van der Waals surface area contributed by atoms with Crippen molar-refractivity contribution in [3.63, 3.8) is 0 Å². The summed E-state index contributed by atoms with van der Waals surface area (Å²) < 4.78 is 18.2. The number of fused-ring (bicyclic) bond motifs is 1. The average Bonchev–Trinajstić information content (AvgIpc) is 3.25. The van der Waals surface area contributed by atoms with E-state index in [1.54, 1.807) is 19.2 Å². The number of thioether (sulfide) groups is 1. The number of hydrazone groups is 1. The first-order chi connectivity index (χ1) is 17.5. The van der Waals surface area contributed by atoms with Gasteiger partial charge in [0, 0.05) is 17.2 Å². The molecule has 4 aromatic rings. The van der Waals surface area contributed by atoms with Gasteiger partial charge in [0.15, 0.2) is 5.16 Å². The van der Waals surface area contributed by atoms with Crippen LogP contribution in [0.25, 0.3) is 11.0 Å². The first kappa shape index (κ1) is 25.4. The highest BCUT2D eigenvalue weighted by Crippen LogP contribution is 2.32. The van der Waals surface area contributed by atoms with Crippen molar-refractivity contribution in [2.45, 2.75) is 11.7 Å². The molecule has 0 unspecified atom stereocenters. The van der Waals surface area contributed by atoms with Gasteiger partial charge in [-0.15, -0.1) is 0 Å². The van der Waals surface area contributed by atoms with E-state index >= 15 is 0 Å². The number of amides is 1. The molecule has 1 heterocycles. The molecule has 36 heavy (non-hydrogen) atoms. The second-order valence-electron chi connectivity index (χ2n) is 7.62. The molecule has 0 saturated carbocycles. The molecule has 0 saturated heterocycles. The van der Waals surface area contributed by atoms with Gasteiger partial charge in [-0.25, -0.2) is 10.4 Å². The van der Waals surface area contributed by atoms with Crippen LogP contribution in [0.15, 0.2) is 70.9 Å². The summed E-state index contributed by atoms with van der Waals surface area (Å²) in [5.41, 5.74) is 6.08. The largest absolute Gasteiger partial charge is 0.496 e. The Kier molecular flexibility index (Phi) is 8.35. The fraction of sp³-hybridized carbons (Fsp3) is 0.192. The molecule has 186 valence electrons. The van der Waals surface area contributed by atoms with E-state index in [9.17, 15) is 4.79 Å². The minimum Gasteiger partial charge on any atom is -0.496 e. The Labute approximate surface area is 218 Å². The normalized spacial score (nSPS) is 11.1. The Hall–Kier alpha value is -3.69. The smallest absolute Gasteiger partial charge is 0.250 e. The Bertz CT molecular complexity index is 1360. The molecule has 1 amide bonds. The SMILES string of the molecule is COc1cc(OC)c(C=NNC(=O)CSc2nc3ccccc3n2Cc2ccc(Cl)cc2)c(OC)c1. The third-order valence-electron chi connectivity index (χ3n) is 5.34. The van der Waals surface area contributed by atoms with E-state index in [2.05, 4.69) is 15.1 Å². The van der Waals surface area contributed by atoms with Gasteiger partial charge in [0.25, 0.3) is 5.91 Å². The van der Waals surface area contributed by atoms with Crippen LogP contribution in [0.2, 0.25) is 5.02 Å². The molecule has 0 radical (unpaired) electrons. The molecule has 0 atom stereocenters. The quantitative estimate of drug-likeness (QED) is 0.178. The average molecular weight is 525 g/mol. The van der Waals surface area contributed by atoms with Crippen molar-refractivity contribution in [1.82, 2.24) is 15.0 Å². The summed E-state index contributed by atoms with van der Waals surface area (Å²) in [6.45, 7) is 0.608. The number of ether oxygens (including phenoxy) is 3. The molecule has 1 aromatic heterocycles. The second-order valence-corrected chi connectivity index (χ2v) is 9.00. The molecule has 0 aliphatic rings. The van der Waals surface area contributed by atoms with Crippen LogP contribution in [0, 0.1) is 0 Å². The number of nitrogens with one attached hydrogen (secondary N) is 1. The number of benzene rings is 3. The maximum absolute atomic E-state index is 12.6. The highest BCUT2D eigenvalue weighted by Gasteiger charge is 2.14. The molecular weight excluding hydrogens is 500 g/mol. The molecule has 0 aliphatic carbocycles. The van der Waals surface area contributed by atoms with Gasteiger partial charge in [-0.3, -0.25) is 4.79 Å². The topological polar surface area (TPSA) is 87.0 Å². The predicted molar refractivity (Wildman–Crippen MR) is 143 cm³/mol. The molecule has 0 fully saturated rings. The number of hydrogen-bond acceptors (Lipinski definition) is 7. The van der Waals surface area contributed by atoms with Crippen molar-refractivity contribution in [1.29, 1.82) is 0 Å². The Morgan fingerprint density at radius 3 is 2.42 bits per heavy atom. The molecule has 8 nitrogen and oxygen atoms in total. The van der Waals surface area contributed by atoms with Gasteiger partial charge in [0.05, 0.1) is 56.4 Å². The molecule has 3 aromatic carbocycles. The Morgan fingerprint density at radius 1 is 1.06 bits per heavy atom. The lowest BCUT2D eigenvalue weighted by Crippen LogP contribution is -2.20. The molecule has 4 rings (SSSR count). The van der Waals surface area contributed by atoms with Crippen LogP contribution >= 0.6 is 23.4 Å². The summed E-state index contributed by atoms with van der Waals surface area (Å²) in [5.74, 6) is 1.47. The van der Waals surface area contributed by atoms with Crippen molar-refractivity contribution < 1.29 is 19.0 Å². The molecule has 0 bridgehead atoms. The van der Waals surface area contributed by atoms with E-state index in [1.165, 1.54) is 32.2 Å². The summed E-state index contributed by atoms with van der Waals surface area (Å²) in [5, 5.41) is 5.51. The van der Waals surface area contributed by atoms with E-state index in [4.69, 9.17) is 30.8 Å². The highest BCUT2D eigenvalue weighted by molar-refractivity contribution is 7.99. The summed E-state index contributed by atoms with van der Waals surface area (Å²) in [6, 6.07) is 19.0. The van der Waals surface area contributed by atoms with Gasteiger partial charge < -0.3 is 18.8 Å². The summed E-state index contributed by atoms with van der Waals surface area (Å²) in [6.07, 6.45) is 1.48. The van der Waals surface area contributed by atoms with E-state index in [0.29, 0.717) is 34.4 Å². The van der Waals surface area contributed by atoms with Gasteiger partial charge in [0.1, 0.15) is 17.2 Å². The summed E-state index contributed by atoms with van der Waals surface area (Å²) >= 11 is 7.38. The molecule has 10 heteroatoms. The van der Waals surface area contributed by atoms with Crippen molar-refractivity contribution in [3.05, 3.63) is 76.8 Å². The maximum atomic E-state index is 12.6. The van der Waals surface area contributed by atoms with Gasteiger partial charge in [0.2, 0.25) is 0 Å². The van der Waals surface area contributed by atoms with Crippen molar-refractivity contribution in [2.24, 2.45) is 5.10 Å². The number of para-hydroxylation sites is 2. The van der Waals surface area contributed by atoms with Crippen molar-refractivity contribution in [2.75, 3.05) is 27.1 Å². The zero-order chi connectivity index (χ0) is 25.5. The maximum Gasteiger partial charge on any atom is 0.250 e. The van der Waals surface area contributed by atoms with Crippen LogP contribution in [0.1, 0.15) is 11.1 Å². The van der Waals surface area contributed by atoms with Gasteiger partial charge >= 0.3 is 0 Å². The van der Waals surface area contributed by atoms with Crippen molar-refractivity contribution >= 4 is 46.5 Å². The van der Waals surface area contributed by atoms with Gasteiger partial charge in [-0.1, -0.05) is 47.6 Å². The second kappa shape index (κ2) is 11.8. The van der Waals surface area contributed by atoms with E-state index in [-0.39, 0.29) is 11.7 Å². The van der Waals surface area contributed by atoms with E-state index < -0.39 is 0 Å². The standard InChI is InChI=1S/C26H25ClN4O4S/c1-33-19-12-23(34-2)20(24(13-19)35-3)14-28-30-25(32)16-36-26-29-21-6-4-5-7-22(21)31(26)15-17-8-10-18(27)11-9-17/h4-14H,15-16H2,1-3H3,(H,30,32). The van der Waals surface area contributed by atoms with Gasteiger partial charge in [-0.2, -0.15) is 5.10 Å². The number of hydrogen-bond donors (Lipinski definition) is 1. The highest BCUT2D eigenvalue weighted by atomic mass is 35.5. The summed E-state index contributed by atoms with van der Waals surface area (Å²) in [7, 11) is 4.64. The minimum atomic E-state index is -0.271. The Balaban J connectivity index is 1.46. The monoisotopic (exact) mass is 524 g/mol. The summed E-state index contributed by atoms with van der Waals surface area (Å²) in [4.78, 5) is 17.3. The number of rotatable bonds is 10.